The first kappa shape index (κ1) is 40.7. The van der Waals surface area contributed by atoms with E-state index in [1.165, 1.54) is 21.9 Å². The van der Waals surface area contributed by atoms with Crippen molar-refractivity contribution in [3.8, 4) is 0 Å². The zero-order chi connectivity index (χ0) is 40.7. The Balaban J connectivity index is 0.811. The molecule has 2 amide bonds. The third kappa shape index (κ3) is 8.24. The van der Waals surface area contributed by atoms with Crippen molar-refractivity contribution in [1.29, 1.82) is 0 Å². The molecule has 4 saturated heterocycles. The number of benzene rings is 2. The van der Waals surface area contributed by atoms with Gasteiger partial charge in [-0.3, -0.25) is 34.0 Å². The predicted molar refractivity (Wildman–Crippen MR) is 233 cm³/mol. The number of fused-ring (bicyclic) bond motifs is 2. The molecule has 0 radical (unpaired) electrons. The maximum absolute atomic E-state index is 13.9. The lowest BCUT2D eigenvalue weighted by molar-refractivity contribution is -0.129. The molecule has 2 aromatic heterocycles. The Morgan fingerprint density at radius 2 is 0.862 bits per heavy atom. The Morgan fingerprint density at radius 3 is 1.21 bits per heavy atom. The number of likely N-dealkylation sites (tertiary alicyclic amines) is 2. The van der Waals surface area contributed by atoms with E-state index in [0.29, 0.717) is 29.7 Å². The summed E-state index contributed by atoms with van der Waals surface area (Å²) >= 11 is 0. The number of amides is 2. The number of hydrogen-bond donors (Lipinski definition) is 2. The summed E-state index contributed by atoms with van der Waals surface area (Å²) in [6, 6.07) is 13.1. The first-order valence-electron chi connectivity index (χ1n) is 22.3. The van der Waals surface area contributed by atoms with Gasteiger partial charge in [0.2, 0.25) is 0 Å². The summed E-state index contributed by atoms with van der Waals surface area (Å²) in [6.45, 7) is 23.5. The first-order valence-corrected chi connectivity index (χ1v) is 22.3. The maximum Gasteiger partial charge on any atom is 0.254 e. The molecule has 2 atom stereocenters. The number of nitrogens with one attached hydrogen (secondary N) is 2. The standard InChI is InChI=1S/C47H66N8O3/c1-31(2)50-19-23-54(24-20-50)46(57)37-7-9-39-41(29-48-43(39)27-37)35-11-15-52(16-12-35)33(5)45(56)34(6)53-17-13-36(14-18-53)42-30-49-44-28-38(8-10-40(42)44)47(58)55-25-21-51(22-26-55)32(3)4/h7-10,27-36,48-49H,11-26H2,1-6H3. The highest BCUT2D eigenvalue weighted by Gasteiger charge is 2.35. The second kappa shape index (κ2) is 17.3. The van der Waals surface area contributed by atoms with Crippen molar-refractivity contribution < 1.29 is 14.4 Å². The van der Waals surface area contributed by atoms with Gasteiger partial charge in [0.05, 0.1) is 12.1 Å². The number of Topliss-reactive ketones (excluding diaryl/α,β-unsaturated/α-hetero) is 1. The van der Waals surface area contributed by atoms with Gasteiger partial charge in [0, 0.05) is 110 Å². The van der Waals surface area contributed by atoms with Gasteiger partial charge in [-0.05, 0) is 141 Å². The summed E-state index contributed by atoms with van der Waals surface area (Å²) in [5.74, 6) is 1.42. The molecule has 4 aliphatic rings. The van der Waals surface area contributed by atoms with E-state index in [4.69, 9.17) is 0 Å². The van der Waals surface area contributed by atoms with Crippen LogP contribution >= 0.6 is 0 Å². The Morgan fingerprint density at radius 1 is 0.500 bits per heavy atom. The quantitative estimate of drug-likeness (QED) is 0.192. The van der Waals surface area contributed by atoms with Crippen LogP contribution in [0.15, 0.2) is 48.8 Å². The van der Waals surface area contributed by atoms with Crippen molar-refractivity contribution in [2.24, 2.45) is 0 Å². The van der Waals surface area contributed by atoms with Gasteiger partial charge in [0.25, 0.3) is 11.8 Å². The normalized spacial score (nSPS) is 21.4. The van der Waals surface area contributed by atoms with Crippen LogP contribution in [-0.4, -0.2) is 160 Å². The van der Waals surface area contributed by atoms with Gasteiger partial charge < -0.3 is 19.8 Å². The number of carbonyl (C=O) groups is 3. The number of aromatic nitrogens is 2. The monoisotopic (exact) mass is 791 g/mol. The average Bonchev–Trinajstić information content (AvgIpc) is 3.89. The Labute approximate surface area is 345 Å². The van der Waals surface area contributed by atoms with Crippen LogP contribution in [0.1, 0.15) is 111 Å². The van der Waals surface area contributed by atoms with E-state index < -0.39 is 0 Å². The Kier molecular flexibility index (Phi) is 12.1. The molecular formula is C47H66N8O3. The fraction of sp³-hybridized carbons (Fsp3) is 0.596. The topological polar surface area (TPSA) is 102 Å². The van der Waals surface area contributed by atoms with E-state index in [1.54, 1.807) is 0 Å². The van der Waals surface area contributed by atoms with Crippen molar-refractivity contribution >= 4 is 39.4 Å². The molecule has 4 fully saturated rings. The number of H-pyrrole nitrogens is 2. The lowest BCUT2D eigenvalue weighted by Crippen LogP contribution is -2.52. The second-order valence-corrected chi connectivity index (χ2v) is 18.2. The Hall–Kier alpha value is -4.03. The molecule has 11 heteroatoms. The number of nitrogens with zero attached hydrogens (tertiary/aromatic N) is 6. The summed E-state index contributed by atoms with van der Waals surface area (Å²) in [5, 5.41) is 2.42. The minimum Gasteiger partial charge on any atom is -0.361 e. The van der Waals surface area contributed by atoms with Crippen molar-refractivity contribution in [1.82, 2.24) is 39.4 Å². The number of hydrogen-bond acceptors (Lipinski definition) is 7. The number of ketones is 1. The molecule has 4 aliphatic heterocycles. The molecule has 0 bridgehead atoms. The largest absolute Gasteiger partial charge is 0.361 e. The molecule has 312 valence electrons. The average molecular weight is 791 g/mol. The van der Waals surface area contributed by atoms with Crippen LogP contribution in [0.4, 0.5) is 0 Å². The molecule has 8 rings (SSSR count). The smallest absolute Gasteiger partial charge is 0.254 e. The van der Waals surface area contributed by atoms with Gasteiger partial charge in [-0.2, -0.15) is 0 Å². The molecule has 58 heavy (non-hydrogen) atoms. The van der Waals surface area contributed by atoms with Crippen LogP contribution in [0.3, 0.4) is 0 Å². The number of piperazine rings is 2. The van der Waals surface area contributed by atoms with E-state index in [9.17, 15) is 14.4 Å². The summed E-state index contributed by atoms with van der Waals surface area (Å²) in [7, 11) is 0. The van der Waals surface area contributed by atoms with Crippen molar-refractivity contribution in [3.63, 3.8) is 0 Å². The number of carbonyl (C=O) groups excluding carboxylic acids is 3. The highest BCUT2D eigenvalue weighted by atomic mass is 16.2. The number of piperidine rings is 2. The molecule has 2 unspecified atom stereocenters. The van der Waals surface area contributed by atoms with Crippen LogP contribution in [0.2, 0.25) is 0 Å². The number of aromatic amines is 2. The highest BCUT2D eigenvalue weighted by molar-refractivity contribution is 5.99. The van der Waals surface area contributed by atoms with Crippen LogP contribution in [0.25, 0.3) is 21.8 Å². The molecular weight excluding hydrogens is 725 g/mol. The van der Waals surface area contributed by atoms with E-state index >= 15 is 0 Å². The van der Waals surface area contributed by atoms with Gasteiger partial charge in [0.1, 0.15) is 0 Å². The van der Waals surface area contributed by atoms with E-state index in [2.05, 4.69) is 95.6 Å². The van der Waals surface area contributed by atoms with Gasteiger partial charge in [-0.1, -0.05) is 12.1 Å². The van der Waals surface area contributed by atoms with E-state index in [0.717, 1.165) is 126 Å². The second-order valence-electron chi connectivity index (χ2n) is 18.2. The molecule has 11 nitrogen and oxygen atoms in total. The summed E-state index contributed by atoms with van der Waals surface area (Å²) < 4.78 is 0. The molecule has 0 saturated carbocycles. The fourth-order valence-corrected chi connectivity index (χ4v) is 10.4. The first-order chi connectivity index (χ1) is 28.0. The van der Waals surface area contributed by atoms with Crippen molar-refractivity contribution in [2.45, 2.75) is 103 Å². The third-order valence-corrected chi connectivity index (χ3v) is 14.4. The van der Waals surface area contributed by atoms with Gasteiger partial charge >= 0.3 is 0 Å². The van der Waals surface area contributed by atoms with Crippen molar-refractivity contribution in [3.05, 3.63) is 71.0 Å². The molecule has 2 aromatic carbocycles. The van der Waals surface area contributed by atoms with Gasteiger partial charge in [0.15, 0.2) is 5.78 Å². The molecule has 0 aliphatic carbocycles. The molecule has 6 heterocycles. The minimum absolute atomic E-state index is 0.114. The minimum atomic E-state index is -0.114. The third-order valence-electron chi connectivity index (χ3n) is 14.4. The van der Waals surface area contributed by atoms with Crippen molar-refractivity contribution in [2.75, 3.05) is 78.5 Å². The van der Waals surface area contributed by atoms with Gasteiger partial charge in [-0.25, -0.2) is 0 Å². The zero-order valence-corrected chi connectivity index (χ0v) is 35.8. The highest BCUT2D eigenvalue weighted by Crippen LogP contribution is 2.36. The SMILES string of the molecule is CC(C)N1CCN(C(=O)c2ccc3c(C4CCN(C(C)C(=O)C(C)N5CCC(c6c[nH]c7cc(C(=O)N8CCN(C(C)C)CC8)ccc67)CC5)CC4)c[nH]c3c2)CC1. The predicted octanol–water partition coefficient (Wildman–Crippen LogP) is 6.39. The zero-order valence-electron chi connectivity index (χ0n) is 35.8. The molecule has 4 aromatic rings. The van der Waals surface area contributed by atoms with Crippen LogP contribution in [-0.2, 0) is 4.79 Å². The van der Waals surface area contributed by atoms with Crippen LogP contribution < -0.4 is 0 Å². The summed E-state index contributed by atoms with van der Waals surface area (Å²) in [4.78, 5) is 61.3. The summed E-state index contributed by atoms with van der Waals surface area (Å²) in [6.07, 6.45) is 8.35. The molecule has 2 N–H and O–H groups in total. The summed E-state index contributed by atoms with van der Waals surface area (Å²) in [5.41, 5.74) is 6.23. The lowest BCUT2D eigenvalue weighted by atomic mass is 9.87. The number of rotatable bonds is 10. The Bertz CT molecular complexity index is 1930. The van der Waals surface area contributed by atoms with E-state index in [-0.39, 0.29) is 23.9 Å². The molecule has 0 spiro atoms. The lowest BCUT2D eigenvalue weighted by Gasteiger charge is -2.39. The van der Waals surface area contributed by atoms with E-state index in [1.807, 2.05) is 34.1 Å². The van der Waals surface area contributed by atoms with Crippen LogP contribution in [0.5, 0.6) is 0 Å². The maximum atomic E-state index is 13.9. The van der Waals surface area contributed by atoms with Crippen LogP contribution in [0, 0.1) is 0 Å². The fourth-order valence-electron chi connectivity index (χ4n) is 10.4. The van der Waals surface area contributed by atoms with Gasteiger partial charge in [-0.15, -0.1) is 0 Å².